The van der Waals surface area contributed by atoms with Gasteiger partial charge in [0.05, 0.1) is 0 Å². The Hall–Kier alpha value is -1.15. The standard InChI is InChI=1S/C15H21NO/c1-12(8-11-17)13-2-4-14(5-3-13)15-6-9-16-10-7-15/h2-5,11-12,15-16H,6-10H2,1H3. The molecule has 1 N–H and O–H groups in total. The second-order valence-corrected chi connectivity index (χ2v) is 4.99. The molecule has 0 amide bonds. The molecule has 0 aromatic heterocycles. The zero-order chi connectivity index (χ0) is 12.1. The van der Waals surface area contributed by atoms with Gasteiger partial charge in [-0.2, -0.15) is 0 Å². The second kappa shape index (κ2) is 5.97. The maximum Gasteiger partial charge on any atom is 0.120 e. The van der Waals surface area contributed by atoms with Gasteiger partial charge >= 0.3 is 0 Å². The number of hydrogen-bond donors (Lipinski definition) is 1. The molecule has 1 saturated heterocycles. The molecular weight excluding hydrogens is 210 g/mol. The highest BCUT2D eigenvalue weighted by Crippen LogP contribution is 2.27. The summed E-state index contributed by atoms with van der Waals surface area (Å²) in [5.74, 6) is 1.06. The molecule has 2 nitrogen and oxygen atoms in total. The third-order valence-corrected chi connectivity index (χ3v) is 3.77. The van der Waals surface area contributed by atoms with Gasteiger partial charge in [0.1, 0.15) is 6.29 Å². The number of nitrogens with one attached hydrogen (secondary N) is 1. The van der Waals surface area contributed by atoms with Crippen molar-refractivity contribution in [2.75, 3.05) is 13.1 Å². The number of carbonyl (C=O) groups excluding carboxylic acids is 1. The Balaban J connectivity index is 2.03. The normalized spacial score (nSPS) is 18.9. The van der Waals surface area contributed by atoms with Gasteiger partial charge in [-0.05, 0) is 48.9 Å². The lowest BCUT2D eigenvalue weighted by molar-refractivity contribution is -0.108. The van der Waals surface area contributed by atoms with E-state index in [2.05, 4.69) is 36.5 Å². The summed E-state index contributed by atoms with van der Waals surface area (Å²) in [7, 11) is 0. The first-order chi connectivity index (χ1) is 8.31. The van der Waals surface area contributed by atoms with Crippen LogP contribution in [0.1, 0.15) is 49.1 Å². The van der Waals surface area contributed by atoms with E-state index in [0.717, 1.165) is 19.4 Å². The Kier molecular flexibility index (Phi) is 4.32. The highest BCUT2D eigenvalue weighted by atomic mass is 16.1. The van der Waals surface area contributed by atoms with Crippen molar-refractivity contribution in [2.24, 2.45) is 0 Å². The van der Waals surface area contributed by atoms with Crippen molar-refractivity contribution in [3.05, 3.63) is 35.4 Å². The molecule has 17 heavy (non-hydrogen) atoms. The van der Waals surface area contributed by atoms with Gasteiger partial charge in [-0.15, -0.1) is 0 Å². The molecule has 1 aliphatic rings. The van der Waals surface area contributed by atoms with Crippen LogP contribution in [-0.2, 0) is 4.79 Å². The summed E-state index contributed by atoms with van der Waals surface area (Å²) in [4.78, 5) is 10.5. The lowest BCUT2D eigenvalue weighted by Gasteiger charge is -2.23. The van der Waals surface area contributed by atoms with Gasteiger partial charge < -0.3 is 10.1 Å². The molecule has 2 heteroatoms. The fourth-order valence-electron chi connectivity index (χ4n) is 2.53. The minimum absolute atomic E-state index is 0.342. The van der Waals surface area contributed by atoms with Gasteiger partial charge in [0, 0.05) is 6.42 Å². The lowest BCUT2D eigenvalue weighted by atomic mass is 9.88. The molecule has 2 rings (SSSR count). The van der Waals surface area contributed by atoms with Gasteiger partial charge in [-0.1, -0.05) is 31.2 Å². The number of benzene rings is 1. The van der Waals surface area contributed by atoms with Crippen LogP contribution in [0.3, 0.4) is 0 Å². The van der Waals surface area contributed by atoms with E-state index in [1.165, 1.54) is 24.0 Å². The van der Waals surface area contributed by atoms with Crippen molar-refractivity contribution < 1.29 is 4.79 Å². The average molecular weight is 231 g/mol. The first-order valence-electron chi connectivity index (χ1n) is 6.55. The van der Waals surface area contributed by atoms with E-state index < -0.39 is 0 Å². The molecule has 1 aliphatic heterocycles. The fraction of sp³-hybridized carbons (Fsp3) is 0.533. The van der Waals surface area contributed by atoms with Crippen molar-refractivity contribution in [1.82, 2.24) is 5.32 Å². The van der Waals surface area contributed by atoms with Crippen LogP contribution in [0.4, 0.5) is 0 Å². The van der Waals surface area contributed by atoms with E-state index in [9.17, 15) is 4.79 Å². The molecule has 1 fully saturated rings. The van der Waals surface area contributed by atoms with Crippen LogP contribution in [0, 0.1) is 0 Å². The number of hydrogen-bond acceptors (Lipinski definition) is 2. The first-order valence-corrected chi connectivity index (χ1v) is 6.55. The highest BCUT2D eigenvalue weighted by molar-refractivity contribution is 5.51. The number of rotatable bonds is 4. The van der Waals surface area contributed by atoms with E-state index >= 15 is 0 Å². The third-order valence-electron chi connectivity index (χ3n) is 3.77. The van der Waals surface area contributed by atoms with Crippen LogP contribution in [0.2, 0.25) is 0 Å². The third kappa shape index (κ3) is 3.16. The van der Waals surface area contributed by atoms with Gasteiger partial charge in [-0.3, -0.25) is 0 Å². The lowest BCUT2D eigenvalue weighted by Crippen LogP contribution is -2.26. The second-order valence-electron chi connectivity index (χ2n) is 4.99. The molecule has 0 radical (unpaired) electrons. The summed E-state index contributed by atoms with van der Waals surface area (Å²) in [5.41, 5.74) is 2.73. The maximum absolute atomic E-state index is 10.5. The van der Waals surface area contributed by atoms with Crippen molar-refractivity contribution in [2.45, 2.75) is 38.0 Å². The molecule has 1 atom stereocenters. The maximum atomic E-state index is 10.5. The van der Waals surface area contributed by atoms with Gasteiger partial charge in [0.25, 0.3) is 0 Å². The van der Waals surface area contributed by atoms with E-state index in [0.29, 0.717) is 18.3 Å². The Labute approximate surface area is 103 Å². The van der Waals surface area contributed by atoms with Crippen LogP contribution >= 0.6 is 0 Å². The minimum atomic E-state index is 0.342. The number of piperidine rings is 1. The van der Waals surface area contributed by atoms with E-state index in [1.54, 1.807) is 0 Å². The topological polar surface area (TPSA) is 29.1 Å². The SMILES string of the molecule is CC(CC=O)c1ccc(C2CCNCC2)cc1. The summed E-state index contributed by atoms with van der Waals surface area (Å²) >= 11 is 0. The fourth-order valence-corrected chi connectivity index (χ4v) is 2.53. The van der Waals surface area contributed by atoms with Crippen LogP contribution in [0.25, 0.3) is 0 Å². The molecule has 1 aromatic carbocycles. The molecule has 0 spiro atoms. The molecule has 0 aliphatic carbocycles. The minimum Gasteiger partial charge on any atom is -0.317 e. The van der Waals surface area contributed by atoms with Crippen molar-refractivity contribution in [3.8, 4) is 0 Å². The largest absolute Gasteiger partial charge is 0.317 e. The molecule has 0 bridgehead atoms. The zero-order valence-corrected chi connectivity index (χ0v) is 10.5. The average Bonchev–Trinajstić information content (AvgIpc) is 2.40. The Morgan fingerprint density at radius 3 is 2.53 bits per heavy atom. The van der Waals surface area contributed by atoms with Crippen LogP contribution < -0.4 is 5.32 Å². The summed E-state index contributed by atoms with van der Waals surface area (Å²) in [6.45, 7) is 4.37. The summed E-state index contributed by atoms with van der Waals surface area (Å²) < 4.78 is 0. The van der Waals surface area contributed by atoms with E-state index in [1.807, 2.05) is 0 Å². The summed E-state index contributed by atoms with van der Waals surface area (Å²) in [6, 6.07) is 8.86. The molecule has 0 saturated carbocycles. The Morgan fingerprint density at radius 1 is 1.29 bits per heavy atom. The highest BCUT2D eigenvalue weighted by Gasteiger charge is 2.15. The number of carbonyl (C=O) groups is 1. The van der Waals surface area contributed by atoms with Crippen LogP contribution in [0.5, 0.6) is 0 Å². The predicted octanol–water partition coefficient (Wildman–Crippen LogP) is 2.85. The number of aldehydes is 1. The smallest absolute Gasteiger partial charge is 0.120 e. The first kappa shape index (κ1) is 12.3. The molecule has 1 unspecified atom stereocenters. The van der Waals surface area contributed by atoms with Crippen LogP contribution in [-0.4, -0.2) is 19.4 Å². The van der Waals surface area contributed by atoms with Crippen molar-refractivity contribution in [3.63, 3.8) is 0 Å². The summed E-state index contributed by atoms with van der Waals surface area (Å²) in [6.07, 6.45) is 4.10. The predicted molar refractivity (Wildman–Crippen MR) is 70.4 cm³/mol. The van der Waals surface area contributed by atoms with Crippen LogP contribution in [0.15, 0.2) is 24.3 Å². The quantitative estimate of drug-likeness (QED) is 0.807. The van der Waals surface area contributed by atoms with Gasteiger partial charge in [-0.25, -0.2) is 0 Å². The van der Waals surface area contributed by atoms with Crippen molar-refractivity contribution in [1.29, 1.82) is 0 Å². The van der Waals surface area contributed by atoms with E-state index in [4.69, 9.17) is 0 Å². The zero-order valence-electron chi connectivity index (χ0n) is 10.5. The summed E-state index contributed by atoms with van der Waals surface area (Å²) in [5, 5.41) is 3.39. The molecule has 1 heterocycles. The Morgan fingerprint density at radius 2 is 1.94 bits per heavy atom. The molecule has 92 valence electrons. The van der Waals surface area contributed by atoms with Crippen molar-refractivity contribution >= 4 is 6.29 Å². The van der Waals surface area contributed by atoms with Gasteiger partial charge in [0.15, 0.2) is 0 Å². The van der Waals surface area contributed by atoms with E-state index in [-0.39, 0.29) is 0 Å². The monoisotopic (exact) mass is 231 g/mol. The molecular formula is C15H21NO. The molecule has 1 aromatic rings. The Bertz CT molecular complexity index is 352. The van der Waals surface area contributed by atoms with Gasteiger partial charge in [0.2, 0.25) is 0 Å².